The van der Waals surface area contributed by atoms with Gasteiger partial charge in [-0.25, -0.2) is 13.1 Å². The molecular formula is C14H11ClN6O4S. The molecule has 0 aliphatic heterocycles. The van der Waals surface area contributed by atoms with Gasteiger partial charge in [-0.3, -0.25) is 14.8 Å². The third kappa shape index (κ3) is 3.48. The van der Waals surface area contributed by atoms with E-state index in [9.17, 15) is 18.5 Å². The zero-order chi connectivity index (χ0) is 18.9. The summed E-state index contributed by atoms with van der Waals surface area (Å²) in [5.74, 6) is 0. The van der Waals surface area contributed by atoms with E-state index < -0.39 is 20.6 Å². The fourth-order valence-electron chi connectivity index (χ4n) is 2.26. The van der Waals surface area contributed by atoms with Crippen LogP contribution in [0.3, 0.4) is 0 Å². The van der Waals surface area contributed by atoms with Gasteiger partial charge >= 0.3 is 0 Å². The first-order valence-corrected chi connectivity index (χ1v) is 8.95. The van der Waals surface area contributed by atoms with Crippen molar-refractivity contribution < 1.29 is 13.3 Å². The lowest BCUT2D eigenvalue weighted by molar-refractivity contribution is -0.384. The Morgan fingerprint density at radius 2 is 2.00 bits per heavy atom. The average molecular weight is 395 g/mol. The molecule has 0 aliphatic carbocycles. The molecule has 0 radical (unpaired) electrons. The molecule has 2 aromatic carbocycles. The molecule has 0 saturated carbocycles. The van der Waals surface area contributed by atoms with E-state index in [-0.39, 0.29) is 15.6 Å². The first kappa shape index (κ1) is 17.8. The van der Waals surface area contributed by atoms with Gasteiger partial charge in [-0.15, -0.1) is 5.10 Å². The minimum Gasteiger partial charge on any atom is -0.280 e. The zero-order valence-electron chi connectivity index (χ0n) is 13.2. The number of nitro benzene ring substituents is 1. The molecule has 0 saturated heterocycles. The second-order valence-corrected chi connectivity index (χ2v) is 7.32. The molecule has 0 bridgehead atoms. The molecule has 1 heterocycles. The Hall–Kier alpha value is -3.05. The van der Waals surface area contributed by atoms with Gasteiger partial charge in [0.05, 0.1) is 15.5 Å². The maximum Gasteiger partial charge on any atom is 0.289 e. The van der Waals surface area contributed by atoms with Crippen molar-refractivity contribution in [1.82, 2.24) is 20.2 Å². The highest BCUT2D eigenvalue weighted by Gasteiger charge is 2.21. The van der Waals surface area contributed by atoms with Gasteiger partial charge in [0.1, 0.15) is 11.3 Å². The average Bonchev–Trinajstić information content (AvgIpc) is 3.08. The number of tetrazole rings is 1. The van der Waals surface area contributed by atoms with Crippen molar-refractivity contribution in [3.05, 3.63) is 63.4 Å². The Morgan fingerprint density at radius 1 is 1.23 bits per heavy atom. The molecule has 0 amide bonds. The smallest absolute Gasteiger partial charge is 0.280 e. The highest BCUT2D eigenvalue weighted by molar-refractivity contribution is 7.92. The Labute approximate surface area is 152 Å². The largest absolute Gasteiger partial charge is 0.289 e. The van der Waals surface area contributed by atoms with Crippen LogP contribution in [0.5, 0.6) is 0 Å². The minimum atomic E-state index is -4.03. The maximum absolute atomic E-state index is 12.5. The lowest BCUT2D eigenvalue weighted by Crippen LogP contribution is -2.13. The second-order valence-electron chi connectivity index (χ2n) is 5.23. The van der Waals surface area contributed by atoms with Crippen LogP contribution in [0.1, 0.15) is 5.56 Å². The molecule has 0 unspecified atom stereocenters. The van der Waals surface area contributed by atoms with E-state index in [2.05, 4.69) is 20.2 Å². The summed E-state index contributed by atoms with van der Waals surface area (Å²) in [5.41, 5.74) is 1.20. The fourth-order valence-corrected chi connectivity index (χ4v) is 3.52. The molecule has 3 rings (SSSR count). The number of sulfonamides is 1. The Morgan fingerprint density at radius 3 is 2.62 bits per heavy atom. The van der Waals surface area contributed by atoms with Gasteiger partial charge in [0, 0.05) is 11.8 Å². The van der Waals surface area contributed by atoms with Crippen molar-refractivity contribution in [3.63, 3.8) is 0 Å². The van der Waals surface area contributed by atoms with Gasteiger partial charge in [0.2, 0.25) is 0 Å². The number of aryl methyl sites for hydroxylation is 1. The Balaban J connectivity index is 1.92. The standard InChI is InChI=1S/C14H11ClN6O4S/c1-9-6-10(2-5-13(9)20-8-16-18-19-20)17-26(24,25)11-3-4-12(15)14(7-11)21(22)23/h2-8,17H,1H3. The minimum absolute atomic E-state index is 0.143. The zero-order valence-corrected chi connectivity index (χ0v) is 14.8. The summed E-state index contributed by atoms with van der Waals surface area (Å²) >= 11 is 5.71. The van der Waals surface area contributed by atoms with Crippen molar-refractivity contribution in [3.8, 4) is 5.69 Å². The van der Waals surface area contributed by atoms with Crippen LogP contribution in [0.15, 0.2) is 47.6 Å². The monoisotopic (exact) mass is 394 g/mol. The summed E-state index contributed by atoms with van der Waals surface area (Å²) in [7, 11) is -4.03. The van der Waals surface area contributed by atoms with Crippen molar-refractivity contribution in [2.45, 2.75) is 11.8 Å². The van der Waals surface area contributed by atoms with E-state index in [1.165, 1.54) is 29.2 Å². The van der Waals surface area contributed by atoms with Crippen molar-refractivity contribution in [1.29, 1.82) is 0 Å². The quantitative estimate of drug-likeness (QED) is 0.518. The number of rotatable bonds is 5. The molecule has 0 spiro atoms. The lowest BCUT2D eigenvalue weighted by atomic mass is 10.2. The summed E-state index contributed by atoms with van der Waals surface area (Å²) in [6, 6.07) is 8.05. The van der Waals surface area contributed by atoms with E-state index in [1.54, 1.807) is 19.1 Å². The molecule has 0 fully saturated rings. The molecule has 0 atom stereocenters. The molecular weight excluding hydrogens is 384 g/mol. The van der Waals surface area contributed by atoms with Crippen LogP contribution in [-0.4, -0.2) is 33.5 Å². The number of halogens is 1. The summed E-state index contributed by atoms with van der Waals surface area (Å²) < 4.78 is 28.8. The van der Waals surface area contributed by atoms with Gasteiger partial charge in [-0.2, -0.15) is 0 Å². The highest BCUT2D eigenvalue weighted by atomic mass is 35.5. The van der Waals surface area contributed by atoms with Gasteiger partial charge in [-0.1, -0.05) is 11.6 Å². The molecule has 0 aliphatic rings. The topological polar surface area (TPSA) is 133 Å². The molecule has 12 heteroatoms. The fraction of sp³-hybridized carbons (Fsp3) is 0.0714. The van der Waals surface area contributed by atoms with Gasteiger partial charge < -0.3 is 0 Å². The summed E-state index contributed by atoms with van der Waals surface area (Å²) in [5, 5.41) is 21.7. The highest BCUT2D eigenvalue weighted by Crippen LogP contribution is 2.28. The van der Waals surface area contributed by atoms with Crippen LogP contribution in [-0.2, 0) is 10.0 Å². The normalized spacial score (nSPS) is 11.3. The summed E-state index contributed by atoms with van der Waals surface area (Å²) in [6.07, 6.45) is 1.42. The van der Waals surface area contributed by atoms with E-state index in [0.29, 0.717) is 5.69 Å². The van der Waals surface area contributed by atoms with Crippen molar-refractivity contribution >= 4 is 33.0 Å². The number of benzene rings is 2. The number of nitrogens with one attached hydrogen (secondary N) is 1. The SMILES string of the molecule is Cc1cc(NS(=O)(=O)c2ccc(Cl)c([N+](=O)[O-])c2)ccc1-n1cnnn1. The summed E-state index contributed by atoms with van der Waals surface area (Å²) in [6.45, 7) is 1.77. The van der Waals surface area contributed by atoms with E-state index in [0.717, 1.165) is 11.6 Å². The third-order valence-corrected chi connectivity index (χ3v) is 5.17. The number of anilines is 1. The number of hydrogen-bond donors (Lipinski definition) is 1. The first-order valence-electron chi connectivity index (χ1n) is 7.09. The Kier molecular flexibility index (Phi) is 4.57. The van der Waals surface area contributed by atoms with E-state index in [4.69, 9.17) is 11.6 Å². The van der Waals surface area contributed by atoms with Gasteiger partial charge in [-0.05, 0) is 53.2 Å². The molecule has 134 valence electrons. The van der Waals surface area contributed by atoms with Crippen LogP contribution in [0.2, 0.25) is 5.02 Å². The van der Waals surface area contributed by atoms with Gasteiger partial charge in [0.15, 0.2) is 0 Å². The molecule has 3 aromatic rings. The number of nitrogens with zero attached hydrogens (tertiary/aromatic N) is 5. The third-order valence-electron chi connectivity index (χ3n) is 3.47. The molecule has 10 nitrogen and oxygen atoms in total. The number of nitro groups is 1. The predicted octanol–water partition coefficient (Wildman–Crippen LogP) is 2.33. The predicted molar refractivity (Wildman–Crippen MR) is 92.8 cm³/mol. The van der Waals surface area contributed by atoms with Crippen LogP contribution >= 0.6 is 11.6 Å². The number of aromatic nitrogens is 4. The second kappa shape index (κ2) is 6.69. The van der Waals surface area contributed by atoms with Crippen LogP contribution in [0.4, 0.5) is 11.4 Å². The van der Waals surface area contributed by atoms with Crippen molar-refractivity contribution in [2.24, 2.45) is 0 Å². The van der Waals surface area contributed by atoms with Crippen LogP contribution in [0.25, 0.3) is 5.69 Å². The van der Waals surface area contributed by atoms with E-state index in [1.807, 2.05) is 0 Å². The number of hydrogen-bond acceptors (Lipinski definition) is 7. The molecule has 26 heavy (non-hydrogen) atoms. The van der Waals surface area contributed by atoms with Gasteiger partial charge in [0.25, 0.3) is 15.7 Å². The Bertz CT molecular complexity index is 1080. The summed E-state index contributed by atoms with van der Waals surface area (Å²) in [4.78, 5) is 9.93. The molecule has 1 N–H and O–H groups in total. The van der Waals surface area contributed by atoms with Crippen molar-refractivity contribution in [2.75, 3.05) is 4.72 Å². The first-order chi connectivity index (χ1) is 12.3. The van der Waals surface area contributed by atoms with Crippen LogP contribution in [0, 0.1) is 17.0 Å². The molecule has 1 aromatic heterocycles. The van der Waals surface area contributed by atoms with E-state index >= 15 is 0 Å². The van der Waals surface area contributed by atoms with Crippen LogP contribution < -0.4 is 4.72 Å². The maximum atomic E-state index is 12.5. The lowest BCUT2D eigenvalue weighted by Gasteiger charge is -2.11.